The van der Waals surface area contributed by atoms with Crippen LogP contribution in [-0.2, 0) is 0 Å². The van der Waals surface area contributed by atoms with Gasteiger partial charge in [-0.25, -0.2) is 4.39 Å². The first-order valence-electron chi connectivity index (χ1n) is 6.97. The molecule has 1 aliphatic heterocycles. The number of carbonyl (C=O) groups excluding carboxylic acids is 1. The van der Waals surface area contributed by atoms with Crippen LogP contribution in [0, 0.1) is 5.82 Å². The molecule has 0 N–H and O–H groups in total. The van der Waals surface area contributed by atoms with Crippen LogP contribution in [0.5, 0.6) is 0 Å². The molecule has 2 nitrogen and oxygen atoms in total. The molecule has 2 aromatic carbocycles. The zero-order chi connectivity index (χ0) is 15.1. The number of benzene rings is 2. The third kappa shape index (κ3) is 2.07. The molecule has 0 radical (unpaired) electrons. The van der Waals surface area contributed by atoms with Crippen LogP contribution in [0.3, 0.4) is 0 Å². The molecule has 0 unspecified atom stereocenters. The molecule has 1 aromatic heterocycles. The maximum atomic E-state index is 13.2. The first kappa shape index (κ1) is 13.3. The molecule has 0 spiro atoms. The highest BCUT2D eigenvalue weighted by atomic mass is 32.2. The van der Waals surface area contributed by atoms with Crippen molar-refractivity contribution in [2.75, 3.05) is 0 Å². The largest absolute Gasteiger partial charge is 0.313 e. The summed E-state index contributed by atoms with van der Waals surface area (Å²) in [5.41, 5.74) is 2.48. The smallest absolute Gasteiger partial charge is 0.197 e. The molecule has 1 atom stereocenters. The third-order valence-electron chi connectivity index (χ3n) is 3.78. The van der Waals surface area contributed by atoms with Crippen molar-refractivity contribution >= 4 is 17.5 Å². The first-order chi connectivity index (χ1) is 10.7. The zero-order valence-corrected chi connectivity index (χ0v) is 12.4. The molecular weight excluding hydrogens is 297 g/mol. The Morgan fingerprint density at radius 1 is 0.955 bits per heavy atom. The van der Waals surface area contributed by atoms with E-state index in [9.17, 15) is 9.18 Å². The average Bonchev–Trinajstić information content (AvgIpc) is 2.99. The van der Waals surface area contributed by atoms with Crippen molar-refractivity contribution < 1.29 is 9.18 Å². The van der Waals surface area contributed by atoms with Gasteiger partial charge in [-0.2, -0.15) is 0 Å². The fourth-order valence-electron chi connectivity index (χ4n) is 2.72. The van der Waals surface area contributed by atoms with Crippen LogP contribution >= 0.6 is 11.8 Å². The van der Waals surface area contributed by atoms with Crippen molar-refractivity contribution in [3.05, 3.63) is 83.9 Å². The van der Waals surface area contributed by atoms with Gasteiger partial charge in [0, 0.05) is 11.1 Å². The second-order valence-corrected chi connectivity index (χ2v) is 6.29. The Balaban J connectivity index is 1.90. The van der Waals surface area contributed by atoms with E-state index in [1.807, 2.05) is 47.2 Å². The maximum absolute atomic E-state index is 13.2. The van der Waals surface area contributed by atoms with Crippen molar-refractivity contribution in [3.8, 4) is 5.69 Å². The number of ketones is 1. The number of fused-ring (bicyclic) bond motifs is 3. The summed E-state index contributed by atoms with van der Waals surface area (Å²) in [5.74, 6) is -0.253. The Kier molecular flexibility index (Phi) is 3.12. The summed E-state index contributed by atoms with van der Waals surface area (Å²) in [4.78, 5) is 14.0. The number of rotatable bonds is 1. The molecule has 108 valence electrons. The summed E-state index contributed by atoms with van der Waals surface area (Å²) >= 11 is 1.51. The van der Waals surface area contributed by atoms with Gasteiger partial charge in [-0.15, -0.1) is 11.8 Å². The van der Waals surface area contributed by atoms with Gasteiger partial charge in [0.05, 0.1) is 16.6 Å². The van der Waals surface area contributed by atoms with Gasteiger partial charge in [0.15, 0.2) is 5.78 Å². The Bertz CT molecular complexity index is 854. The van der Waals surface area contributed by atoms with E-state index in [-0.39, 0.29) is 16.9 Å². The second kappa shape index (κ2) is 5.14. The number of hydrogen-bond acceptors (Lipinski definition) is 2. The summed E-state index contributed by atoms with van der Waals surface area (Å²) in [5, 5.41) is -0.363. The molecule has 0 bridgehead atoms. The van der Waals surface area contributed by atoms with Crippen LogP contribution in [0.15, 0.2) is 71.8 Å². The van der Waals surface area contributed by atoms with Gasteiger partial charge in [-0.1, -0.05) is 24.3 Å². The van der Waals surface area contributed by atoms with Crippen LogP contribution in [-0.4, -0.2) is 10.4 Å². The summed E-state index contributed by atoms with van der Waals surface area (Å²) in [7, 11) is 0. The first-order valence-corrected chi connectivity index (χ1v) is 7.85. The van der Waals surface area contributed by atoms with E-state index < -0.39 is 0 Å². The predicted molar refractivity (Wildman–Crippen MR) is 85.1 cm³/mol. The van der Waals surface area contributed by atoms with Gasteiger partial charge < -0.3 is 4.57 Å². The monoisotopic (exact) mass is 309 g/mol. The SMILES string of the molecule is O=C1c2cccn2-c2ccccc2S[C@H]1c1ccc(F)cc1. The highest BCUT2D eigenvalue weighted by Crippen LogP contribution is 2.43. The number of nitrogens with zero attached hydrogens (tertiary/aromatic N) is 1. The van der Waals surface area contributed by atoms with Crippen molar-refractivity contribution in [1.82, 2.24) is 4.57 Å². The number of aromatic nitrogens is 1. The second-order valence-electron chi connectivity index (χ2n) is 5.14. The van der Waals surface area contributed by atoms with E-state index in [2.05, 4.69) is 0 Å². The maximum Gasteiger partial charge on any atom is 0.197 e. The lowest BCUT2D eigenvalue weighted by molar-refractivity contribution is 0.0983. The van der Waals surface area contributed by atoms with Crippen LogP contribution in [0.2, 0.25) is 0 Å². The number of halogens is 1. The van der Waals surface area contributed by atoms with E-state index >= 15 is 0 Å². The molecule has 3 aromatic rings. The standard InChI is InChI=1S/C18H12FNOS/c19-13-9-7-12(8-10-13)18-17(21)15-5-3-11-20(15)14-4-1-2-6-16(14)22-18/h1-11,18H/t18-/m0/s1. The van der Waals surface area contributed by atoms with Crippen LogP contribution < -0.4 is 0 Å². The summed E-state index contributed by atoms with van der Waals surface area (Å²) in [6, 6.07) is 17.8. The molecule has 2 heterocycles. The van der Waals surface area contributed by atoms with E-state index in [0.717, 1.165) is 16.1 Å². The summed E-state index contributed by atoms with van der Waals surface area (Å²) in [6.45, 7) is 0. The lowest BCUT2D eigenvalue weighted by Gasteiger charge is -2.13. The summed E-state index contributed by atoms with van der Waals surface area (Å²) < 4.78 is 15.1. The number of thioether (sulfide) groups is 1. The van der Waals surface area contributed by atoms with Crippen molar-refractivity contribution in [1.29, 1.82) is 0 Å². The number of para-hydroxylation sites is 1. The predicted octanol–water partition coefficient (Wildman–Crippen LogP) is 4.65. The number of carbonyl (C=O) groups is 1. The third-order valence-corrected chi connectivity index (χ3v) is 5.10. The Morgan fingerprint density at radius 3 is 2.55 bits per heavy atom. The van der Waals surface area contributed by atoms with Crippen LogP contribution in [0.4, 0.5) is 4.39 Å². The minimum Gasteiger partial charge on any atom is -0.313 e. The fourth-order valence-corrected chi connectivity index (χ4v) is 3.94. The minimum absolute atomic E-state index is 0.0396. The van der Waals surface area contributed by atoms with Crippen molar-refractivity contribution in [3.63, 3.8) is 0 Å². The van der Waals surface area contributed by atoms with Gasteiger partial charge in [0.1, 0.15) is 5.82 Å². The van der Waals surface area contributed by atoms with Crippen LogP contribution in [0.25, 0.3) is 5.69 Å². The van der Waals surface area contributed by atoms with E-state index in [4.69, 9.17) is 0 Å². The molecule has 4 heteroatoms. The average molecular weight is 309 g/mol. The molecule has 1 aliphatic rings. The highest BCUT2D eigenvalue weighted by molar-refractivity contribution is 8.00. The number of hydrogen-bond donors (Lipinski definition) is 0. The summed E-state index contributed by atoms with van der Waals surface area (Å²) in [6.07, 6.45) is 1.90. The molecular formula is C18H12FNOS. The highest BCUT2D eigenvalue weighted by Gasteiger charge is 2.30. The Morgan fingerprint density at radius 2 is 1.73 bits per heavy atom. The Labute approximate surface area is 131 Å². The van der Waals surface area contributed by atoms with Gasteiger partial charge in [0.25, 0.3) is 0 Å². The topological polar surface area (TPSA) is 22.0 Å². The van der Waals surface area contributed by atoms with Gasteiger partial charge in [-0.3, -0.25) is 4.79 Å². The number of Topliss-reactive ketones (excluding diaryl/α,β-unsaturated/α-hetero) is 1. The lowest BCUT2D eigenvalue weighted by atomic mass is 10.1. The van der Waals surface area contributed by atoms with Crippen molar-refractivity contribution in [2.24, 2.45) is 0 Å². The molecule has 0 saturated heterocycles. The Hall–Kier alpha value is -2.33. The molecule has 0 amide bonds. The molecule has 0 aliphatic carbocycles. The minimum atomic E-state index is -0.363. The van der Waals surface area contributed by atoms with E-state index in [0.29, 0.717) is 5.69 Å². The van der Waals surface area contributed by atoms with Crippen molar-refractivity contribution in [2.45, 2.75) is 10.1 Å². The van der Waals surface area contributed by atoms with Crippen LogP contribution in [0.1, 0.15) is 21.3 Å². The normalized spacial score (nSPS) is 16.8. The van der Waals surface area contributed by atoms with Gasteiger partial charge in [-0.05, 0) is 42.0 Å². The quantitative estimate of drug-likeness (QED) is 0.653. The molecule has 0 fully saturated rings. The van der Waals surface area contributed by atoms with Gasteiger partial charge >= 0.3 is 0 Å². The zero-order valence-electron chi connectivity index (χ0n) is 11.6. The van der Waals surface area contributed by atoms with E-state index in [1.165, 1.54) is 23.9 Å². The molecule has 0 saturated carbocycles. The molecule has 22 heavy (non-hydrogen) atoms. The van der Waals surface area contributed by atoms with E-state index in [1.54, 1.807) is 12.1 Å². The fraction of sp³-hybridized carbons (Fsp3) is 0.0556. The lowest BCUT2D eigenvalue weighted by Crippen LogP contribution is -2.11. The van der Waals surface area contributed by atoms with Gasteiger partial charge in [0.2, 0.25) is 0 Å². The molecule has 4 rings (SSSR count).